The van der Waals surface area contributed by atoms with Crippen molar-refractivity contribution in [2.45, 2.75) is 5.60 Å². The molecule has 176 valence electrons. The van der Waals surface area contributed by atoms with Crippen LogP contribution >= 0.6 is 11.3 Å². The van der Waals surface area contributed by atoms with Gasteiger partial charge in [0.15, 0.2) is 5.13 Å². The van der Waals surface area contributed by atoms with Crippen molar-refractivity contribution in [3.63, 3.8) is 0 Å². The van der Waals surface area contributed by atoms with Gasteiger partial charge in [-0.25, -0.2) is 14.6 Å². The van der Waals surface area contributed by atoms with E-state index in [1.807, 2.05) is 91.0 Å². The lowest BCUT2D eigenvalue weighted by atomic mass is 9.80. The van der Waals surface area contributed by atoms with Gasteiger partial charge in [0.1, 0.15) is 5.69 Å². The fourth-order valence-electron chi connectivity index (χ4n) is 3.56. The van der Waals surface area contributed by atoms with Crippen LogP contribution in [0.4, 0.5) is 9.93 Å². The first kappa shape index (κ1) is 23.7. The molecule has 4 rings (SSSR count). The summed E-state index contributed by atoms with van der Waals surface area (Å²) < 4.78 is 4.56. The molecule has 0 aliphatic rings. The fourth-order valence-corrected chi connectivity index (χ4v) is 4.25. The fraction of sp³-hybridized carbons (Fsp3) is 0.0769. The smallest absolute Gasteiger partial charge is 0.413 e. The van der Waals surface area contributed by atoms with E-state index in [1.54, 1.807) is 0 Å². The number of benzene rings is 3. The van der Waals surface area contributed by atoms with Gasteiger partial charge in [-0.15, -0.1) is 11.3 Å². The summed E-state index contributed by atoms with van der Waals surface area (Å²) in [6.07, 6.45) is -0.716. The first-order valence-corrected chi connectivity index (χ1v) is 11.4. The Bertz CT molecular complexity index is 1230. The Hall–Kier alpha value is -4.50. The van der Waals surface area contributed by atoms with Crippen molar-refractivity contribution in [2.75, 3.05) is 12.4 Å². The van der Waals surface area contributed by atoms with Gasteiger partial charge in [0.25, 0.3) is 0 Å². The van der Waals surface area contributed by atoms with Crippen LogP contribution < -0.4 is 5.32 Å². The minimum absolute atomic E-state index is 0.0389. The van der Waals surface area contributed by atoms with E-state index in [2.05, 4.69) is 20.2 Å². The largest absolute Gasteiger partial charge is 0.476 e. The number of oxime groups is 1. The van der Waals surface area contributed by atoms with E-state index in [-0.39, 0.29) is 10.8 Å². The minimum Gasteiger partial charge on any atom is -0.476 e. The topological polar surface area (TPSA) is 110 Å². The second-order valence-electron chi connectivity index (χ2n) is 7.27. The van der Waals surface area contributed by atoms with E-state index in [0.717, 1.165) is 28.0 Å². The highest BCUT2D eigenvalue weighted by Crippen LogP contribution is 2.40. The summed E-state index contributed by atoms with van der Waals surface area (Å²) >= 11 is 1.04. The second-order valence-corrected chi connectivity index (χ2v) is 8.13. The molecule has 8 nitrogen and oxygen atoms in total. The van der Waals surface area contributed by atoms with E-state index < -0.39 is 23.4 Å². The van der Waals surface area contributed by atoms with Crippen LogP contribution in [0.25, 0.3) is 0 Å². The predicted molar refractivity (Wildman–Crippen MR) is 133 cm³/mol. The van der Waals surface area contributed by atoms with E-state index in [4.69, 9.17) is 4.84 Å². The zero-order valence-corrected chi connectivity index (χ0v) is 19.4. The molecule has 0 fully saturated rings. The minimum atomic E-state index is -1.33. The number of methoxy groups -OCH3 is 1. The maximum Gasteiger partial charge on any atom is 0.413 e. The number of carbonyl (C=O) groups excluding carboxylic acids is 1. The van der Waals surface area contributed by atoms with Crippen LogP contribution in [0.15, 0.2) is 102 Å². The Balaban J connectivity index is 1.85. The van der Waals surface area contributed by atoms with Gasteiger partial charge in [0.2, 0.25) is 11.3 Å². The highest BCUT2D eigenvalue weighted by atomic mass is 32.1. The summed E-state index contributed by atoms with van der Waals surface area (Å²) in [5.74, 6) is -1.33. The van der Waals surface area contributed by atoms with Gasteiger partial charge in [-0.2, -0.15) is 0 Å². The summed E-state index contributed by atoms with van der Waals surface area (Å²) in [6, 6.07) is 28.4. The summed E-state index contributed by atoms with van der Waals surface area (Å²) in [6.45, 7) is 0. The quantitative estimate of drug-likeness (QED) is 0.203. The highest BCUT2D eigenvalue weighted by Gasteiger charge is 2.40. The van der Waals surface area contributed by atoms with Crippen LogP contribution in [-0.4, -0.2) is 35.0 Å². The normalized spacial score (nSPS) is 11.5. The summed E-state index contributed by atoms with van der Waals surface area (Å²) in [4.78, 5) is 34.0. The van der Waals surface area contributed by atoms with Crippen LogP contribution in [0, 0.1) is 0 Å². The molecule has 0 radical (unpaired) electrons. The highest BCUT2D eigenvalue weighted by molar-refractivity contribution is 7.14. The van der Waals surface area contributed by atoms with Gasteiger partial charge in [-0.05, 0) is 0 Å². The van der Waals surface area contributed by atoms with Gasteiger partial charge in [0.05, 0.1) is 7.11 Å². The van der Waals surface area contributed by atoms with E-state index >= 15 is 0 Å². The molecule has 0 spiro atoms. The van der Waals surface area contributed by atoms with Crippen LogP contribution in [0.5, 0.6) is 0 Å². The van der Waals surface area contributed by atoms with Gasteiger partial charge in [-0.3, -0.25) is 5.32 Å². The van der Waals surface area contributed by atoms with Crippen molar-refractivity contribution in [3.8, 4) is 0 Å². The number of rotatable bonds is 8. The number of carbonyl (C=O) groups is 2. The molecule has 0 saturated heterocycles. The average molecular weight is 488 g/mol. The molecular weight excluding hydrogens is 466 g/mol. The Morgan fingerprint density at radius 1 is 0.886 bits per heavy atom. The van der Waals surface area contributed by atoms with Crippen molar-refractivity contribution in [1.29, 1.82) is 0 Å². The molecule has 0 bridgehead atoms. The monoisotopic (exact) mass is 487 g/mol. The summed E-state index contributed by atoms with van der Waals surface area (Å²) in [7, 11) is 1.22. The molecule has 0 aliphatic carbocycles. The number of aromatic nitrogens is 1. The Morgan fingerprint density at radius 3 is 1.80 bits per heavy atom. The molecular formula is C26H21N3O5S. The maximum absolute atomic E-state index is 12.2. The molecule has 4 aromatic rings. The summed E-state index contributed by atoms with van der Waals surface area (Å²) in [5, 5.41) is 18.1. The number of hydrogen-bond acceptors (Lipinski definition) is 7. The lowest BCUT2D eigenvalue weighted by molar-refractivity contribution is -0.129. The molecule has 1 heterocycles. The number of hydrogen-bond donors (Lipinski definition) is 2. The van der Waals surface area contributed by atoms with E-state index in [0.29, 0.717) is 0 Å². The average Bonchev–Trinajstić information content (AvgIpc) is 3.35. The van der Waals surface area contributed by atoms with Crippen molar-refractivity contribution in [3.05, 3.63) is 119 Å². The maximum atomic E-state index is 12.2. The second kappa shape index (κ2) is 10.6. The van der Waals surface area contributed by atoms with E-state index in [1.165, 1.54) is 12.5 Å². The third-order valence-electron chi connectivity index (χ3n) is 5.16. The standard InChI is InChI=1S/C26H21N3O5S/c1-33-25(32)28-24-27-21(17-35-24)22(23(30)31)29-34-26(18-11-5-2-6-12-18,19-13-7-3-8-14-19)20-15-9-4-10-16-20/h2-17H,1H3,(H,30,31)(H,27,28,32). The third kappa shape index (κ3) is 5.04. The van der Waals surface area contributed by atoms with Crippen LogP contribution in [0.2, 0.25) is 0 Å². The first-order chi connectivity index (χ1) is 17.0. The summed E-state index contributed by atoms with van der Waals surface area (Å²) in [5.41, 5.74) is 0.670. The number of anilines is 1. The molecule has 35 heavy (non-hydrogen) atoms. The molecule has 9 heteroatoms. The van der Waals surface area contributed by atoms with Crippen molar-refractivity contribution in [1.82, 2.24) is 4.98 Å². The number of ether oxygens (including phenoxy) is 1. The number of thiazole rings is 1. The molecule has 0 aliphatic heterocycles. The molecule has 1 amide bonds. The number of aliphatic carboxylic acids is 1. The molecule has 3 aromatic carbocycles. The number of nitrogens with zero attached hydrogens (tertiary/aromatic N) is 2. The van der Waals surface area contributed by atoms with Gasteiger partial charge in [0, 0.05) is 22.1 Å². The van der Waals surface area contributed by atoms with Gasteiger partial charge < -0.3 is 14.7 Å². The molecule has 2 N–H and O–H groups in total. The van der Waals surface area contributed by atoms with Crippen LogP contribution in [0.3, 0.4) is 0 Å². The lowest BCUT2D eigenvalue weighted by Crippen LogP contribution is -2.32. The Kier molecular flexibility index (Phi) is 7.18. The van der Waals surface area contributed by atoms with Crippen LogP contribution in [0.1, 0.15) is 22.4 Å². The van der Waals surface area contributed by atoms with E-state index in [9.17, 15) is 14.7 Å². The number of nitrogens with one attached hydrogen (secondary N) is 1. The molecule has 0 atom stereocenters. The predicted octanol–water partition coefficient (Wildman–Crippen LogP) is 5.12. The number of carboxylic acids is 1. The Morgan fingerprint density at radius 2 is 1.37 bits per heavy atom. The first-order valence-electron chi connectivity index (χ1n) is 10.5. The third-order valence-corrected chi connectivity index (χ3v) is 5.92. The van der Waals surface area contributed by atoms with Gasteiger partial charge in [-0.1, -0.05) is 96.2 Å². The SMILES string of the molecule is COC(=O)Nc1nc(C(=NOC(c2ccccc2)(c2ccccc2)c2ccccc2)C(=O)O)cs1. The zero-order valence-electron chi connectivity index (χ0n) is 18.6. The van der Waals surface area contributed by atoms with Crippen molar-refractivity contribution >= 4 is 34.2 Å². The number of amides is 1. The zero-order chi connectivity index (χ0) is 24.7. The van der Waals surface area contributed by atoms with Gasteiger partial charge >= 0.3 is 12.1 Å². The number of carboxylic acid groups (broad SMARTS) is 1. The van der Waals surface area contributed by atoms with Crippen molar-refractivity contribution < 1.29 is 24.3 Å². The van der Waals surface area contributed by atoms with Crippen molar-refractivity contribution in [2.24, 2.45) is 5.16 Å². The Labute approximate surface area is 205 Å². The molecule has 1 aromatic heterocycles. The molecule has 0 unspecified atom stereocenters. The van der Waals surface area contributed by atoms with Crippen LogP contribution in [-0.2, 0) is 20.0 Å². The lowest BCUT2D eigenvalue weighted by Gasteiger charge is -2.33. The molecule has 0 saturated carbocycles.